The number of hydrogen-bond donors (Lipinski definition) is 0. The Bertz CT molecular complexity index is 972. The number of ether oxygens (including phenoxy) is 3. The first kappa shape index (κ1) is 19.3. The van der Waals surface area contributed by atoms with Crippen molar-refractivity contribution in [3.8, 4) is 28.6 Å². The minimum Gasteiger partial charge on any atom is -0.497 e. The molecular weight excluding hydrogens is 370 g/mol. The monoisotopic (exact) mass is 395 g/mol. The topological polar surface area (TPSA) is 69.9 Å². The summed E-state index contributed by atoms with van der Waals surface area (Å²) in [7, 11) is 4.99. The van der Waals surface area contributed by atoms with Crippen molar-refractivity contribution in [2.24, 2.45) is 0 Å². The second-order valence-corrected chi connectivity index (χ2v) is 6.98. The van der Waals surface area contributed by atoms with Crippen LogP contribution in [0.5, 0.6) is 17.2 Å². The van der Waals surface area contributed by atoms with Crippen LogP contribution < -0.4 is 14.2 Å². The van der Waals surface area contributed by atoms with E-state index in [0.717, 1.165) is 47.8 Å². The molecule has 1 aromatic heterocycles. The fourth-order valence-electron chi connectivity index (χ4n) is 3.83. The molecule has 0 N–H and O–H groups in total. The van der Waals surface area contributed by atoms with E-state index in [9.17, 15) is 0 Å². The highest BCUT2D eigenvalue weighted by molar-refractivity contribution is 5.56. The lowest BCUT2D eigenvalue weighted by Crippen LogP contribution is -2.23. The second kappa shape index (κ2) is 8.53. The number of methoxy groups -OCH3 is 3. The summed E-state index contributed by atoms with van der Waals surface area (Å²) in [6.45, 7) is 1.56. The minimum atomic E-state index is 0.239. The third kappa shape index (κ3) is 4.05. The van der Waals surface area contributed by atoms with Crippen LogP contribution in [-0.2, 0) is 6.54 Å². The molecule has 1 aliphatic heterocycles. The fraction of sp³-hybridized carbons (Fsp3) is 0.364. The molecule has 7 heteroatoms. The highest BCUT2D eigenvalue weighted by Gasteiger charge is 2.30. The number of benzene rings is 2. The van der Waals surface area contributed by atoms with Crippen molar-refractivity contribution in [3.63, 3.8) is 0 Å². The fourth-order valence-corrected chi connectivity index (χ4v) is 3.83. The number of aromatic nitrogens is 2. The van der Waals surface area contributed by atoms with Gasteiger partial charge in [-0.05, 0) is 37.6 Å². The van der Waals surface area contributed by atoms with Crippen LogP contribution in [0.3, 0.4) is 0 Å². The average molecular weight is 395 g/mol. The van der Waals surface area contributed by atoms with Gasteiger partial charge in [-0.1, -0.05) is 23.4 Å². The maximum absolute atomic E-state index is 5.61. The highest BCUT2D eigenvalue weighted by atomic mass is 16.5. The Morgan fingerprint density at radius 1 is 1.03 bits per heavy atom. The molecule has 0 aliphatic carbocycles. The Kier molecular flexibility index (Phi) is 5.67. The smallest absolute Gasteiger partial charge is 0.241 e. The van der Waals surface area contributed by atoms with E-state index in [0.29, 0.717) is 18.3 Å². The molecule has 2 aromatic carbocycles. The highest BCUT2D eigenvalue weighted by Crippen LogP contribution is 2.39. The van der Waals surface area contributed by atoms with Gasteiger partial charge in [0.15, 0.2) is 0 Å². The third-order valence-corrected chi connectivity index (χ3v) is 5.30. The molecule has 1 aliphatic rings. The molecular formula is C22H25N3O4. The van der Waals surface area contributed by atoms with Crippen LogP contribution in [0.2, 0.25) is 0 Å². The number of hydrogen-bond acceptors (Lipinski definition) is 7. The van der Waals surface area contributed by atoms with E-state index in [1.54, 1.807) is 21.3 Å². The maximum atomic E-state index is 5.61. The number of likely N-dealkylation sites (tertiary alicyclic amines) is 1. The van der Waals surface area contributed by atoms with Gasteiger partial charge in [0.05, 0.1) is 27.9 Å². The minimum absolute atomic E-state index is 0.239. The molecule has 1 saturated heterocycles. The lowest BCUT2D eigenvalue weighted by molar-refractivity contribution is 0.209. The summed E-state index contributed by atoms with van der Waals surface area (Å²) in [5.74, 6) is 3.55. The number of nitrogens with zero attached hydrogens (tertiary/aromatic N) is 3. The Balaban J connectivity index is 1.53. The molecule has 0 spiro atoms. The summed E-state index contributed by atoms with van der Waals surface area (Å²) in [6, 6.07) is 13.9. The van der Waals surface area contributed by atoms with Gasteiger partial charge in [-0.2, -0.15) is 4.98 Å². The van der Waals surface area contributed by atoms with Gasteiger partial charge in [-0.3, -0.25) is 4.90 Å². The predicted octanol–water partition coefficient (Wildman–Crippen LogP) is 4.10. The Morgan fingerprint density at radius 3 is 2.66 bits per heavy atom. The van der Waals surface area contributed by atoms with Gasteiger partial charge < -0.3 is 18.7 Å². The van der Waals surface area contributed by atoms with Gasteiger partial charge in [0.25, 0.3) is 0 Å². The first-order valence-electron chi connectivity index (χ1n) is 9.65. The summed E-state index contributed by atoms with van der Waals surface area (Å²) in [4.78, 5) is 6.95. The van der Waals surface area contributed by atoms with Crippen LogP contribution in [0.15, 0.2) is 47.0 Å². The number of rotatable bonds is 7. The summed E-state index contributed by atoms with van der Waals surface area (Å²) in [5.41, 5.74) is 2.02. The van der Waals surface area contributed by atoms with Crippen LogP contribution >= 0.6 is 0 Å². The molecule has 0 saturated carbocycles. The molecule has 7 nitrogen and oxygen atoms in total. The third-order valence-electron chi connectivity index (χ3n) is 5.30. The molecule has 3 aromatic rings. The first-order valence-corrected chi connectivity index (χ1v) is 9.65. The van der Waals surface area contributed by atoms with E-state index in [-0.39, 0.29) is 6.04 Å². The van der Waals surface area contributed by atoms with Crippen LogP contribution in [0.25, 0.3) is 11.4 Å². The van der Waals surface area contributed by atoms with Crippen molar-refractivity contribution < 1.29 is 18.7 Å². The summed E-state index contributed by atoms with van der Waals surface area (Å²) < 4.78 is 21.7. The largest absolute Gasteiger partial charge is 0.497 e. The van der Waals surface area contributed by atoms with Crippen molar-refractivity contribution in [2.75, 3.05) is 27.9 Å². The second-order valence-electron chi connectivity index (χ2n) is 6.98. The molecule has 0 bridgehead atoms. The zero-order valence-corrected chi connectivity index (χ0v) is 16.9. The van der Waals surface area contributed by atoms with Gasteiger partial charge in [-0.15, -0.1) is 0 Å². The van der Waals surface area contributed by atoms with E-state index in [2.05, 4.69) is 21.1 Å². The van der Waals surface area contributed by atoms with E-state index < -0.39 is 0 Å². The molecule has 0 amide bonds. The van der Waals surface area contributed by atoms with E-state index >= 15 is 0 Å². The summed E-state index contributed by atoms with van der Waals surface area (Å²) in [6.07, 6.45) is 2.16. The first-order chi connectivity index (χ1) is 14.2. The molecule has 1 unspecified atom stereocenters. The van der Waals surface area contributed by atoms with Crippen LogP contribution in [0, 0.1) is 0 Å². The zero-order chi connectivity index (χ0) is 20.2. The van der Waals surface area contributed by atoms with Crippen LogP contribution in [-0.4, -0.2) is 42.9 Å². The summed E-state index contributed by atoms with van der Waals surface area (Å²) >= 11 is 0. The Morgan fingerprint density at radius 2 is 1.86 bits per heavy atom. The van der Waals surface area contributed by atoms with Gasteiger partial charge in [0.2, 0.25) is 11.7 Å². The molecule has 2 heterocycles. The van der Waals surface area contributed by atoms with Gasteiger partial charge >= 0.3 is 0 Å². The van der Waals surface area contributed by atoms with Gasteiger partial charge in [0.1, 0.15) is 17.2 Å². The van der Waals surface area contributed by atoms with Crippen LogP contribution in [0.4, 0.5) is 0 Å². The Labute approximate surface area is 170 Å². The van der Waals surface area contributed by atoms with Gasteiger partial charge in [0, 0.05) is 23.2 Å². The normalized spacial score (nSPS) is 16.7. The molecule has 152 valence electrons. The van der Waals surface area contributed by atoms with E-state index in [1.807, 2.05) is 36.4 Å². The maximum Gasteiger partial charge on any atom is 0.241 e. The van der Waals surface area contributed by atoms with E-state index in [4.69, 9.17) is 18.7 Å². The molecule has 4 rings (SSSR count). The molecule has 1 atom stereocenters. The molecule has 0 radical (unpaired) electrons. The Hall–Kier alpha value is -3.06. The van der Waals surface area contributed by atoms with Crippen molar-refractivity contribution in [1.29, 1.82) is 0 Å². The van der Waals surface area contributed by atoms with Crippen molar-refractivity contribution in [2.45, 2.75) is 25.4 Å². The average Bonchev–Trinajstić information content (AvgIpc) is 3.43. The zero-order valence-electron chi connectivity index (χ0n) is 16.9. The molecule has 1 fully saturated rings. The standard InChI is InChI=1S/C22H25N3O4/c1-26-16-7-4-6-15(12-16)22-23-21(29-24-22)14-25-11-5-8-19(25)18-10-9-17(27-2)13-20(18)28-3/h4,6-7,9-10,12-13,19H,5,8,11,14H2,1-3H3. The quantitative estimate of drug-likeness (QED) is 0.596. The summed E-state index contributed by atoms with van der Waals surface area (Å²) in [5, 5.41) is 4.15. The predicted molar refractivity (Wildman–Crippen MR) is 108 cm³/mol. The molecule has 29 heavy (non-hydrogen) atoms. The lowest BCUT2D eigenvalue weighted by Gasteiger charge is -2.25. The van der Waals surface area contributed by atoms with Crippen molar-refractivity contribution in [1.82, 2.24) is 15.0 Å². The SMILES string of the molecule is COc1cccc(-c2noc(CN3CCCC3c3ccc(OC)cc3OC)n2)c1. The lowest BCUT2D eigenvalue weighted by atomic mass is 10.0. The van der Waals surface area contributed by atoms with Crippen molar-refractivity contribution >= 4 is 0 Å². The van der Waals surface area contributed by atoms with Gasteiger partial charge in [-0.25, -0.2) is 0 Å². The van der Waals surface area contributed by atoms with E-state index in [1.165, 1.54) is 0 Å². The van der Waals surface area contributed by atoms with Crippen molar-refractivity contribution in [3.05, 3.63) is 53.9 Å². The van der Waals surface area contributed by atoms with Crippen LogP contribution in [0.1, 0.15) is 30.3 Å².